The Bertz CT molecular complexity index is 158. The summed E-state index contributed by atoms with van der Waals surface area (Å²) in [6.45, 7) is 1.53. The Morgan fingerprint density at radius 3 is 2.55 bits per heavy atom. The molecule has 1 N–H and O–H groups in total. The molecule has 0 aromatic carbocycles. The number of amides is 1. The zero-order valence-corrected chi connectivity index (χ0v) is 7.08. The Morgan fingerprint density at radius 2 is 2.18 bits per heavy atom. The number of hydrogen-bond donors (Lipinski definition) is 1. The van der Waals surface area contributed by atoms with Crippen molar-refractivity contribution in [3.63, 3.8) is 0 Å². The Balaban J connectivity index is 2.52. The van der Waals surface area contributed by atoms with Crippen LogP contribution >= 0.6 is 0 Å². The van der Waals surface area contributed by atoms with Crippen LogP contribution in [0.2, 0.25) is 0 Å². The van der Waals surface area contributed by atoms with Gasteiger partial charge in [-0.3, -0.25) is 4.79 Å². The number of nitrogens with zero attached hydrogens (tertiary/aromatic N) is 1. The van der Waals surface area contributed by atoms with Crippen LogP contribution in [0.15, 0.2) is 0 Å². The van der Waals surface area contributed by atoms with Crippen molar-refractivity contribution >= 4 is 5.91 Å². The first-order valence-electron chi connectivity index (χ1n) is 4.04. The second-order valence-corrected chi connectivity index (χ2v) is 3.20. The van der Waals surface area contributed by atoms with E-state index in [2.05, 4.69) is 0 Å². The SMILES string of the molecule is CC(=O)N(C)C1CCCC1O. The maximum atomic E-state index is 10.9. The number of carbonyl (C=O) groups is 1. The number of aliphatic hydroxyl groups is 1. The highest BCUT2D eigenvalue weighted by Gasteiger charge is 2.29. The summed E-state index contributed by atoms with van der Waals surface area (Å²) in [4.78, 5) is 12.5. The third-order valence-corrected chi connectivity index (χ3v) is 2.44. The van der Waals surface area contributed by atoms with Crippen molar-refractivity contribution in [2.75, 3.05) is 7.05 Å². The molecule has 64 valence electrons. The van der Waals surface area contributed by atoms with Gasteiger partial charge in [-0.25, -0.2) is 0 Å². The molecule has 0 aliphatic heterocycles. The molecular weight excluding hydrogens is 142 g/mol. The van der Waals surface area contributed by atoms with Gasteiger partial charge in [0, 0.05) is 14.0 Å². The van der Waals surface area contributed by atoms with E-state index in [-0.39, 0.29) is 18.1 Å². The fourth-order valence-corrected chi connectivity index (χ4v) is 1.61. The molecule has 0 spiro atoms. The van der Waals surface area contributed by atoms with E-state index in [1.54, 1.807) is 11.9 Å². The maximum absolute atomic E-state index is 10.9. The lowest BCUT2D eigenvalue weighted by Gasteiger charge is -2.25. The van der Waals surface area contributed by atoms with E-state index in [4.69, 9.17) is 0 Å². The highest BCUT2D eigenvalue weighted by Crippen LogP contribution is 2.22. The van der Waals surface area contributed by atoms with E-state index in [1.165, 1.54) is 6.92 Å². The van der Waals surface area contributed by atoms with Gasteiger partial charge in [0.1, 0.15) is 0 Å². The number of hydrogen-bond acceptors (Lipinski definition) is 2. The van der Waals surface area contributed by atoms with Gasteiger partial charge in [-0.15, -0.1) is 0 Å². The summed E-state index contributed by atoms with van der Waals surface area (Å²) in [6.07, 6.45) is 2.51. The Labute approximate surface area is 67.0 Å². The molecule has 1 rings (SSSR count). The van der Waals surface area contributed by atoms with E-state index in [9.17, 15) is 9.90 Å². The van der Waals surface area contributed by atoms with Gasteiger partial charge in [0.25, 0.3) is 0 Å². The maximum Gasteiger partial charge on any atom is 0.219 e. The lowest BCUT2D eigenvalue weighted by molar-refractivity contribution is -0.131. The van der Waals surface area contributed by atoms with Gasteiger partial charge in [-0.05, 0) is 19.3 Å². The Morgan fingerprint density at radius 1 is 1.55 bits per heavy atom. The molecule has 0 bridgehead atoms. The van der Waals surface area contributed by atoms with Gasteiger partial charge in [0.15, 0.2) is 0 Å². The molecule has 3 heteroatoms. The zero-order valence-electron chi connectivity index (χ0n) is 7.08. The van der Waals surface area contributed by atoms with Gasteiger partial charge in [0.05, 0.1) is 12.1 Å². The molecule has 3 nitrogen and oxygen atoms in total. The molecule has 0 aromatic heterocycles. The van der Waals surface area contributed by atoms with Crippen LogP contribution in [0.1, 0.15) is 26.2 Å². The van der Waals surface area contributed by atoms with Crippen molar-refractivity contribution < 1.29 is 9.90 Å². The molecule has 2 atom stereocenters. The Hall–Kier alpha value is -0.570. The molecule has 1 saturated carbocycles. The van der Waals surface area contributed by atoms with Crippen LogP contribution < -0.4 is 0 Å². The van der Waals surface area contributed by atoms with Crippen molar-refractivity contribution in [3.05, 3.63) is 0 Å². The van der Waals surface area contributed by atoms with E-state index in [0.717, 1.165) is 19.3 Å². The van der Waals surface area contributed by atoms with Crippen LogP contribution in [0.25, 0.3) is 0 Å². The molecule has 2 unspecified atom stereocenters. The molecule has 1 aliphatic rings. The fraction of sp³-hybridized carbons (Fsp3) is 0.875. The van der Waals surface area contributed by atoms with Crippen molar-refractivity contribution in [3.8, 4) is 0 Å². The molecule has 0 heterocycles. The second kappa shape index (κ2) is 3.22. The molecule has 11 heavy (non-hydrogen) atoms. The van der Waals surface area contributed by atoms with Crippen molar-refractivity contribution in [1.29, 1.82) is 0 Å². The van der Waals surface area contributed by atoms with Gasteiger partial charge in [-0.1, -0.05) is 0 Å². The topological polar surface area (TPSA) is 40.5 Å². The van der Waals surface area contributed by atoms with Crippen LogP contribution in [0, 0.1) is 0 Å². The van der Waals surface area contributed by atoms with Gasteiger partial charge < -0.3 is 10.0 Å². The summed E-state index contributed by atoms with van der Waals surface area (Å²) in [7, 11) is 1.75. The minimum absolute atomic E-state index is 0.0379. The minimum Gasteiger partial charge on any atom is -0.391 e. The predicted octanol–water partition coefficient (Wildman–Crippen LogP) is 0.378. The van der Waals surface area contributed by atoms with Gasteiger partial charge in [-0.2, -0.15) is 0 Å². The van der Waals surface area contributed by atoms with Crippen molar-refractivity contribution in [1.82, 2.24) is 4.90 Å². The van der Waals surface area contributed by atoms with E-state index in [0.29, 0.717) is 0 Å². The van der Waals surface area contributed by atoms with Crippen molar-refractivity contribution in [2.24, 2.45) is 0 Å². The smallest absolute Gasteiger partial charge is 0.219 e. The highest BCUT2D eigenvalue weighted by atomic mass is 16.3. The lowest BCUT2D eigenvalue weighted by atomic mass is 10.2. The third kappa shape index (κ3) is 1.71. The fourth-order valence-electron chi connectivity index (χ4n) is 1.61. The largest absolute Gasteiger partial charge is 0.391 e. The van der Waals surface area contributed by atoms with Crippen LogP contribution in [0.3, 0.4) is 0 Å². The summed E-state index contributed by atoms with van der Waals surface area (Å²) in [5.41, 5.74) is 0. The molecular formula is C8H15NO2. The van der Waals surface area contributed by atoms with Gasteiger partial charge in [0.2, 0.25) is 5.91 Å². The molecule has 0 aromatic rings. The molecule has 1 amide bonds. The summed E-state index contributed by atoms with van der Waals surface area (Å²) in [6, 6.07) is 0.0625. The van der Waals surface area contributed by atoms with Crippen LogP contribution in [-0.4, -0.2) is 35.1 Å². The Kier molecular flexibility index (Phi) is 2.49. The van der Waals surface area contributed by atoms with Crippen LogP contribution in [0.4, 0.5) is 0 Å². The molecule has 1 aliphatic carbocycles. The number of likely N-dealkylation sites (N-methyl/N-ethyl adjacent to an activating group) is 1. The van der Waals surface area contributed by atoms with Gasteiger partial charge >= 0.3 is 0 Å². The summed E-state index contributed by atoms with van der Waals surface area (Å²) in [5.74, 6) is 0.0379. The molecule has 0 radical (unpaired) electrons. The first kappa shape index (κ1) is 8.53. The monoisotopic (exact) mass is 157 g/mol. The van der Waals surface area contributed by atoms with E-state index >= 15 is 0 Å². The normalized spacial score (nSPS) is 30.5. The van der Waals surface area contributed by atoms with Crippen LogP contribution in [0.5, 0.6) is 0 Å². The number of aliphatic hydroxyl groups excluding tert-OH is 1. The van der Waals surface area contributed by atoms with Crippen LogP contribution in [-0.2, 0) is 4.79 Å². The van der Waals surface area contributed by atoms with E-state index in [1.807, 2.05) is 0 Å². The second-order valence-electron chi connectivity index (χ2n) is 3.20. The first-order chi connectivity index (χ1) is 5.13. The average Bonchev–Trinajstić information content (AvgIpc) is 2.33. The minimum atomic E-state index is -0.302. The summed E-state index contributed by atoms with van der Waals surface area (Å²) < 4.78 is 0. The predicted molar refractivity (Wildman–Crippen MR) is 42.1 cm³/mol. The zero-order chi connectivity index (χ0) is 8.43. The van der Waals surface area contributed by atoms with Crippen molar-refractivity contribution in [2.45, 2.75) is 38.3 Å². The van der Waals surface area contributed by atoms with E-state index < -0.39 is 0 Å². The quantitative estimate of drug-likeness (QED) is 0.597. The summed E-state index contributed by atoms with van der Waals surface area (Å²) >= 11 is 0. The highest BCUT2D eigenvalue weighted by molar-refractivity contribution is 5.73. The third-order valence-electron chi connectivity index (χ3n) is 2.44. The number of carbonyl (C=O) groups excluding carboxylic acids is 1. The number of rotatable bonds is 1. The lowest BCUT2D eigenvalue weighted by Crippen LogP contribution is -2.40. The molecule has 0 saturated heterocycles. The average molecular weight is 157 g/mol. The summed E-state index contributed by atoms with van der Waals surface area (Å²) in [5, 5.41) is 9.41. The molecule has 1 fully saturated rings. The first-order valence-corrected chi connectivity index (χ1v) is 4.04. The standard InChI is InChI=1S/C8H15NO2/c1-6(10)9(2)7-4-3-5-8(7)11/h7-8,11H,3-5H2,1-2H3.